The van der Waals surface area contributed by atoms with Gasteiger partial charge in [0, 0.05) is 18.3 Å². The number of anilines is 1. The molecule has 0 aliphatic heterocycles. The Labute approximate surface area is 158 Å². The van der Waals surface area contributed by atoms with Gasteiger partial charge < -0.3 is 10.6 Å². The summed E-state index contributed by atoms with van der Waals surface area (Å²) in [5.41, 5.74) is -0.986. The number of para-hydroxylation sites is 1. The third kappa shape index (κ3) is 3.88. The fourth-order valence-corrected chi connectivity index (χ4v) is 2.60. The lowest BCUT2D eigenvalue weighted by Crippen LogP contribution is -2.21. The van der Waals surface area contributed by atoms with Gasteiger partial charge in [0.2, 0.25) is 0 Å². The van der Waals surface area contributed by atoms with Gasteiger partial charge in [-0.1, -0.05) is 18.2 Å². The van der Waals surface area contributed by atoms with Crippen LogP contribution in [-0.4, -0.2) is 28.6 Å². The third-order valence-corrected chi connectivity index (χ3v) is 3.92. The quantitative estimate of drug-likeness (QED) is 0.718. The van der Waals surface area contributed by atoms with Crippen LogP contribution in [-0.2, 0) is 6.18 Å². The molecule has 0 atom stereocenters. The van der Waals surface area contributed by atoms with Crippen LogP contribution in [0.3, 0.4) is 0 Å². The maximum atomic E-state index is 13.6. The Morgan fingerprint density at radius 2 is 1.61 bits per heavy atom. The molecule has 0 unspecified atom stereocenters. The van der Waals surface area contributed by atoms with E-state index in [0.29, 0.717) is 10.2 Å². The molecule has 0 fully saturated rings. The minimum Gasteiger partial charge on any atom is -0.355 e. The van der Waals surface area contributed by atoms with Gasteiger partial charge in [0.1, 0.15) is 0 Å². The summed E-state index contributed by atoms with van der Waals surface area (Å²) in [5.74, 6) is -1.27. The summed E-state index contributed by atoms with van der Waals surface area (Å²) >= 11 is 0. The number of hydrogen-bond donors (Lipinski definition) is 2. The van der Waals surface area contributed by atoms with Crippen LogP contribution in [0.4, 0.5) is 18.9 Å². The minimum atomic E-state index is -4.79. The van der Waals surface area contributed by atoms with Crippen molar-refractivity contribution in [2.45, 2.75) is 6.18 Å². The van der Waals surface area contributed by atoms with Crippen molar-refractivity contribution in [1.82, 2.24) is 15.1 Å². The number of benzene rings is 2. The predicted octanol–water partition coefficient (Wildman–Crippen LogP) is 3.50. The molecule has 1 heterocycles. The van der Waals surface area contributed by atoms with Gasteiger partial charge in [-0.3, -0.25) is 9.59 Å². The predicted molar refractivity (Wildman–Crippen MR) is 96.4 cm³/mol. The van der Waals surface area contributed by atoms with E-state index in [1.165, 1.54) is 43.4 Å². The van der Waals surface area contributed by atoms with E-state index in [9.17, 15) is 22.8 Å². The lowest BCUT2D eigenvalue weighted by Gasteiger charge is -2.13. The smallest absolute Gasteiger partial charge is 0.355 e. The van der Waals surface area contributed by atoms with Crippen molar-refractivity contribution in [2.24, 2.45) is 0 Å². The number of halogens is 3. The van der Waals surface area contributed by atoms with Crippen LogP contribution < -0.4 is 10.6 Å². The van der Waals surface area contributed by atoms with Crippen molar-refractivity contribution >= 4 is 17.5 Å². The molecule has 9 heteroatoms. The highest BCUT2D eigenvalue weighted by Gasteiger charge is 2.40. The molecule has 3 aromatic rings. The number of nitrogens with one attached hydrogen (secondary N) is 2. The number of amides is 2. The fourth-order valence-electron chi connectivity index (χ4n) is 2.60. The molecule has 28 heavy (non-hydrogen) atoms. The number of carbonyl (C=O) groups is 2. The second-order valence-corrected chi connectivity index (χ2v) is 5.76. The highest BCUT2D eigenvalue weighted by molar-refractivity contribution is 6.05. The molecule has 0 bridgehead atoms. The average molecular weight is 388 g/mol. The van der Waals surface area contributed by atoms with Crippen molar-refractivity contribution in [3.05, 3.63) is 77.6 Å². The van der Waals surface area contributed by atoms with Crippen LogP contribution in [0.15, 0.2) is 60.8 Å². The summed E-state index contributed by atoms with van der Waals surface area (Å²) in [5, 5.41) is 8.59. The summed E-state index contributed by atoms with van der Waals surface area (Å²) in [4.78, 5) is 24.0. The van der Waals surface area contributed by atoms with E-state index in [2.05, 4.69) is 15.7 Å². The van der Waals surface area contributed by atoms with Crippen molar-refractivity contribution in [3.8, 4) is 5.69 Å². The Morgan fingerprint density at radius 1 is 0.964 bits per heavy atom. The van der Waals surface area contributed by atoms with Gasteiger partial charge >= 0.3 is 6.18 Å². The standard InChI is InChI=1S/C19H15F3N4O2/c1-23-17(27)12-7-9-13(10-8-12)25-18(28)15-11-24-26(16(15)19(20,21)22)14-5-3-2-4-6-14/h2-11H,1H3,(H,23,27)(H,25,28). The van der Waals surface area contributed by atoms with Gasteiger partial charge in [0.05, 0.1) is 17.4 Å². The van der Waals surface area contributed by atoms with Crippen molar-refractivity contribution in [3.63, 3.8) is 0 Å². The van der Waals surface area contributed by atoms with Crippen LogP contribution in [0.5, 0.6) is 0 Å². The molecule has 2 amide bonds. The number of alkyl halides is 3. The number of carbonyl (C=O) groups excluding carboxylic acids is 2. The van der Waals surface area contributed by atoms with E-state index >= 15 is 0 Å². The SMILES string of the molecule is CNC(=O)c1ccc(NC(=O)c2cnn(-c3ccccc3)c2C(F)(F)F)cc1. The summed E-state index contributed by atoms with van der Waals surface area (Å²) in [7, 11) is 1.47. The van der Waals surface area contributed by atoms with Gasteiger partial charge in [0.25, 0.3) is 11.8 Å². The Balaban J connectivity index is 1.92. The molecule has 6 nitrogen and oxygen atoms in total. The van der Waals surface area contributed by atoms with E-state index in [4.69, 9.17) is 0 Å². The van der Waals surface area contributed by atoms with Crippen molar-refractivity contribution < 1.29 is 22.8 Å². The normalized spacial score (nSPS) is 11.1. The molecule has 0 saturated heterocycles. The van der Waals surface area contributed by atoms with Crippen LogP contribution in [0, 0.1) is 0 Å². The fraction of sp³-hybridized carbons (Fsp3) is 0.105. The Morgan fingerprint density at radius 3 is 2.18 bits per heavy atom. The molecule has 1 aromatic heterocycles. The summed E-state index contributed by atoms with van der Waals surface area (Å²) in [6.07, 6.45) is -3.91. The number of aromatic nitrogens is 2. The number of rotatable bonds is 4. The first-order valence-electron chi connectivity index (χ1n) is 8.15. The molecular formula is C19H15F3N4O2. The van der Waals surface area contributed by atoms with E-state index in [0.717, 1.165) is 6.20 Å². The first-order valence-corrected chi connectivity index (χ1v) is 8.15. The molecule has 0 aliphatic rings. The third-order valence-electron chi connectivity index (χ3n) is 3.92. The lowest BCUT2D eigenvalue weighted by atomic mass is 10.1. The average Bonchev–Trinajstić information content (AvgIpc) is 3.14. The molecule has 0 saturated carbocycles. The van der Waals surface area contributed by atoms with E-state index in [1.807, 2.05) is 0 Å². The molecule has 0 radical (unpaired) electrons. The molecule has 0 spiro atoms. The Kier molecular flexibility index (Phi) is 5.16. The number of nitrogens with zero attached hydrogens (tertiary/aromatic N) is 2. The largest absolute Gasteiger partial charge is 0.434 e. The Hall–Kier alpha value is -3.62. The molecule has 144 valence electrons. The second kappa shape index (κ2) is 7.55. The Bertz CT molecular complexity index is 996. The summed E-state index contributed by atoms with van der Waals surface area (Å²) in [6.45, 7) is 0. The van der Waals surface area contributed by atoms with Crippen molar-refractivity contribution in [2.75, 3.05) is 12.4 Å². The topological polar surface area (TPSA) is 76.0 Å². The van der Waals surface area contributed by atoms with Gasteiger partial charge in [-0.15, -0.1) is 0 Å². The van der Waals surface area contributed by atoms with Crippen LogP contribution in [0.1, 0.15) is 26.4 Å². The molecular weight excluding hydrogens is 373 g/mol. The highest BCUT2D eigenvalue weighted by Crippen LogP contribution is 2.34. The van der Waals surface area contributed by atoms with Crippen LogP contribution in [0.25, 0.3) is 5.69 Å². The van der Waals surface area contributed by atoms with Crippen LogP contribution >= 0.6 is 0 Å². The zero-order valence-corrected chi connectivity index (χ0v) is 14.6. The summed E-state index contributed by atoms with van der Waals surface area (Å²) in [6, 6.07) is 13.5. The zero-order valence-electron chi connectivity index (χ0n) is 14.6. The first-order chi connectivity index (χ1) is 13.3. The highest BCUT2D eigenvalue weighted by atomic mass is 19.4. The second-order valence-electron chi connectivity index (χ2n) is 5.76. The van der Waals surface area contributed by atoms with E-state index < -0.39 is 23.3 Å². The van der Waals surface area contributed by atoms with E-state index in [1.54, 1.807) is 18.2 Å². The maximum Gasteiger partial charge on any atom is 0.434 e. The van der Waals surface area contributed by atoms with Gasteiger partial charge in [-0.05, 0) is 36.4 Å². The minimum absolute atomic E-state index is 0.184. The van der Waals surface area contributed by atoms with Gasteiger partial charge in [-0.2, -0.15) is 18.3 Å². The molecule has 3 rings (SSSR count). The molecule has 0 aliphatic carbocycles. The first kappa shape index (κ1) is 19.2. The zero-order chi connectivity index (χ0) is 20.3. The van der Waals surface area contributed by atoms with Gasteiger partial charge in [0.15, 0.2) is 5.69 Å². The van der Waals surface area contributed by atoms with Crippen LogP contribution in [0.2, 0.25) is 0 Å². The maximum absolute atomic E-state index is 13.6. The van der Waals surface area contributed by atoms with Crippen molar-refractivity contribution in [1.29, 1.82) is 0 Å². The number of hydrogen-bond acceptors (Lipinski definition) is 3. The molecule has 2 aromatic carbocycles. The lowest BCUT2D eigenvalue weighted by molar-refractivity contribution is -0.143. The monoisotopic (exact) mass is 388 g/mol. The molecule has 2 N–H and O–H groups in total. The van der Waals surface area contributed by atoms with E-state index in [-0.39, 0.29) is 17.3 Å². The van der Waals surface area contributed by atoms with Gasteiger partial charge in [-0.25, -0.2) is 4.68 Å². The summed E-state index contributed by atoms with van der Waals surface area (Å²) < 4.78 is 41.6.